The second kappa shape index (κ2) is 4.04. The van der Waals surface area contributed by atoms with Crippen molar-refractivity contribution in [3.63, 3.8) is 0 Å². The number of halogens is 1. The first-order valence-electron chi connectivity index (χ1n) is 5.58. The third kappa shape index (κ3) is 2.01. The summed E-state index contributed by atoms with van der Waals surface area (Å²) in [6.07, 6.45) is 0. The maximum atomic E-state index is 3.45. The first kappa shape index (κ1) is 10.6. The Morgan fingerprint density at radius 3 is 2.47 bits per heavy atom. The highest BCUT2D eigenvalue weighted by atomic mass is 79.9. The van der Waals surface area contributed by atoms with Gasteiger partial charge in [0.25, 0.3) is 0 Å². The summed E-state index contributed by atoms with van der Waals surface area (Å²) in [5, 5.41) is 1.27. The summed E-state index contributed by atoms with van der Waals surface area (Å²) in [4.78, 5) is 3.44. The van der Waals surface area contributed by atoms with Crippen LogP contribution in [0.15, 0.2) is 53.0 Å². The van der Waals surface area contributed by atoms with Gasteiger partial charge in [0.15, 0.2) is 0 Å². The molecule has 0 amide bonds. The number of hydrogen-bond donors (Lipinski definition) is 1. The molecule has 0 fully saturated rings. The van der Waals surface area contributed by atoms with E-state index in [1.807, 2.05) is 0 Å². The van der Waals surface area contributed by atoms with Crippen LogP contribution in [0.3, 0.4) is 0 Å². The molecule has 0 unspecified atom stereocenters. The molecule has 0 aliphatic carbocycles. The smallest absolute Gasteiger partial charge is 0.0464 e. The van der Waals surface area contributed by atoms with Gasteiger partial charge in [0.2, 0.25) is 0 Å². The molecular weight excluding hydrogens is 274 g/mol. The zero-order valence-corrected chi connectivity index (χ0v) is 11.1. The minimum atomic E-state index is 1.10. The Kier molecular flexibility index (Phi) is 2.52. The molecule has 17 heavy (non-hydrogen) atoms. The predicted octanol–water partition coefficient (Wildman–Crippen LogP) is 4.91. The van der Waals surface area contributed by atoms with Crippen LogP contribution in [0.2, 0.25) is 0 Å². The number of aryl methyl sites for hydroxylation is 1. The van der Waals surface area contributed by atoms with Crippen LogP contribution in [0.25, 0.3) is 22.2 Å². The van der Waals surface area contributed by atoms with Gasteiger partial charge < -0.3 is 4.98 Å². The second-order valence-corrected chi connectivity index (χ2v) is 5.20. The van der Waals surface area contributed by atoms with Gasteiger partial charge in [-0.05, 0) is 42.8 Å². The molecule has 1 heterocycles. The number of aromatic nitrogens is 1. The Labute approximate surface area is 109 Å². The molecule has 1 N–H and O–H groups in total. The Morgan fingerprint density at radius 1 is 0.941 bits per heavy atom. The van der Waals surface area contributed by atoms with E-state index >= 15 is 0 Å². The van der Waals surface area contributed by atoms with E-state index in [4.69, 9.17) is 0 Å². The van der Waals surface area contributed by atoms with Gasteiger partial charge in [0, 0.05) is 21.1 Å². The summed E-state index contributed by atoms with van der Waals surface area (Å²) in [7, 11) is 0. The van der Waals surface area contributed by atoms with Crippen molar-refractivity contribution in [1.29, 1.82) is 0 Å². The highest BCUT2D eigenvalue weighted by Gasteiger charge is 2.03. The Hall–Kier alpha value is -1.54. The van der Waals surface area contributed by atoms with Crippen molar-refractivity contribution in [3.8, 4) is 11.3 Å². The molecule has 3 rings (SSSR count). The molecule has 1 nitrogen and oxygen atoms in total. The van der Waals surface area contributed by atoms with E-state index in [1.165, 1.54) is 22.0 Å². The van der Waals surface area contributed by atoms with Gasteiger partial charge in [0.05, 0.1) is 0 Å². The van der Waals surface area contributed by atoms with E-state index in [0.29, 0.717) is 0 Å². The summed E-state index contributed by atoms with van der Waals surface area (Å²) in [6.45, 7) is 2.12. The molecule has 0 aliphatic rings. The maximum Gasteiger partial charge on any atom is 0.0464 e. The lowest BCUT2D eigenvalue weighted by Crippen LogP contribution is -1.75. The first-order valence-corrected chi connectivity index (χ1v) is 6.37. The Morgan fingerprint density at radius 2 is 1.71 bits per heavy atom. The van der Waals surface area contributed by atoms with Crippen molar-refractivity contribution in [2.45, 2.75) is 6.92 Å². The fourth-order valence-electron chi connectivity index (χ4n) is 2.04. The number of rotatable bonds is 1. The van der Waals surface area contributed by atoms with Gasteiger partial charge in [-0.15, -0.1) is 0 Å². The van der Waals surface area contributed by atoms with Crippen molar-refractivity contribution in [2.24, 2.45) is 0 Å². The monoisotopic (exact) mass is 285 g/mol. The van der Waals surface area contributed by atoms with Crippen molar-refractivity contribution in [3.05, 3.63) is 58.6 Å². The van der Waals surface area contributed by atoms with E-state index in [2.05, 4.69) is 76.4 Å². The maximum absolute atomic E-state index is 3.45. The second-order valence-electron chi connectivity index (χ2n) is 4.28. The molecule has 2 heteroatoms. The van der Waals surface area contributed by atoms with Crippen LogP contribution in [0.5, 0.6) is 0 Å². The molecule has 3 aromatic rings. The molecule has 0 spiro atoms. The molecular formula is C15H12BrN. The molecule has 0 aliphatic heterocycles. The third-order valence-electron chi connectivity index (χ3n) is 2.93. The SMILES string of the molecule is Cc1ccc2[nH]c(-c3ccc(Br)cc3)cc2c1. The van der Waals surface area contributed by atoms with Crippen LogP contribution in [0, 0.1) is 6.92 Å². The van der Waals surface area contributed by atoms with E-state index in [9.17, 15) is 0 Å². The van der Waals surface area contributed by atoms with E-state index < -0.39 is 0 Å². The molecule has 0 radical (unpaired) electrons. The van der Waals surface area contributed by atoms with Gasteiger partial charge >= 0.3 is 0 Å². The van der Waals surface area contributed by atoms with Crippen molar-refractivity contribution in [1.82, 2.24) is 4.98 Å². The average molecular weight is 286 g/mol. The molecule has 2 aromatic carbocycles. The standard InChI is InChI=1S/C15H12BrN/c1-10-2-7-14-12(8-10)9-15(17-14)11-3-5-13(16)6-4-11/h2-9,17H,1H3. The largest absolute Gasteiger partial charge is 0.355 e. The predicted molar refractivity (Wildman–Crippen MR) is 76.2 cm³/mol. The molecule has 0 bridgehead atoms. The summed E-state index contributed by atoms with van der Waals surface area (Å²) >= 11 is 3.45. The number of nitrogens with one attached hydrogen (secondary N) is 1. The summed E-state index contributed by atoms with van der Waals surface area (Å²) in [5.41, 5.74) is 4.85. The van der Waals surface area contributed by atoms with Gasteiger partial charge in [-0.25, -0.2) is 0 Å². The quantitative estimate of drug-likeness (QED) is 0.654. The topological polar surface area (TPSA) is 15.8 Å². The molecule has 0 atom stereocenters. The zero-order chi connectivity index (χ0) is 11.8. The fourth-order valence-corrected chi connectivity index (χ4v) is 2.30. The van der Waals surface area contributed by atoms with Gasteiger partial charge in [-0.1, -0.05) is 39.7 Å². The minimum Gasteiger partial charge on any atom is -0.355 e. The number of fused-ring (bicyclic) bond motifs is 1. The molecule has 0 saturated carbocycles. The Bertz CT molecular complexity index is 665. The molecule has 1 aromatic heterocycles. The molecule has 84 valence electrons. The van der Waals surface area contributed by atoms with E-state index in [1.54, 1.807) is 0 Å². The number of aromatic amines is 1. The highest BCUT2D eigenvalue weighted by Crippen LogP contribution is 2.25. The van der Waals surface area contributed by atoms with E-state index in [-0.39, 0.29) is 0 Å². The van der Waals surface area contributed by atoms with Crippen LogP contribution >= 0.6 is 15.9 Å². The van der Waals surface area contributed by atoms with Crippen LogP contribution < -0.4 is 0 Å². The van der Waals surface area contributed by atoms with Crippen molar-refractivity contribution < 1.29 is 0 Å². The van der Waals surface area contributed by atoms with Crippen molar-refractivity contribution >= 4 is 26.8 Å². The Balaban J connectivity index is 2.14. The highest BCUT2D eigenvalue weighted by molar-refractivity contribution is 9.10. The summed E-state index contributed by atoms with van der Waals surface area (Å²) in [6, 6.07) is 17.0. The zero-order valence-electron chi connectivity index (χ0n) is 9.50. The van der Waals surface area contributed by atoms with Gasteiger partial charge in [-0.3, -0.25) is 0 Å². The lowest BCUT2D eigenvalue weighted by Gasteiger charge is -1.97. The lowest BCUT2D eigenvalue weighted by molar-refractivity contribution is 1.44. The summed E-state index contributed by atoms with van der Waals surface area (Å²) in [5.74, 6) is 0. The average Bonchev–Trinajstić information content (AvgIpc) is 2.72. The van der Waals surface area contributed by atoms with Crippen LogP contribution in [0.1, 0.15) is 5.56 Å². The number of benzene rings is 2. The van der Waals surface area contributed by atoms with E-state index in [0.717, 1.165) is 10.2 Å². The minimum absolute atomic E-state index is 1.10. The number of hydrogen-bond acceptors (Lipinski definition) is 0. The first-order chi connectivity index (χ1) is 8.22. The van der Waals surface area contributed by atoms with Gasteiger partial charge in [0.1, 0.15) is 0 Å². The summed E-state index contributed by atoms with van der Waals surface area (Å²) < 4.78 is 1.10. The van der Waals surface area contributed by atoms with Gasteiger partial charge in [-0.2, -0.15) is 0 Å². The lowest BCUT2D eigenvalue weighted by atomic mass is 10.1. The van der Waals surface area contributed by atoms with Crippen LogP contribution in [0.4, 0.5) is 0 Å². The molecule has 0 saturated heterocycles. The van der Waals surface area contributed by atoms with Crippen LogP contribution in [-0.4, -0.2) is 4.98 Å². The van der Waals surface area contributed by atoms with Crippen LogP contribution in [-0.2, 0) is 0 Å². The fraction of sp³-hybridized carbons (Fsp3) is 0.0667. The normalized spacial score (nSPS) is 10.9. The number of H-pyrrole nitrogens is 1. The van der Waals surface area contributed by atoms with Crippen molar-refractivity contribution in [2.75, 3.05) is 0 Å². The third-order valence-corrected chi connectivity index (χ3v) is 3.46.